The van der Waals surface area contributed by atoms with E-state index in [1.165, 1.54) is 12.1 Å². The predicted octanol–water partition coefficient (Wildman–Crippen LogP) is 1.33. The van der Waals surface area contributed by atoms with Gasteiger partial charge in [-0.05, 0) is 12.5 Å². The Labute approximate surface area is 91.6 Å². The quantitative estimate of drug-likeness (QED) is 0.659. The van der Waals surface area contributed by atoms with E-state index in [-0.39, 0.29) is 0 Å². The maximum Gasteiger partial charge on any atom is 0.0591 e. The summed E-state index contributed by atoms with van der Waals surface area (Å²) < 4.78 is 7.32. The van der Waals surface area contributed by atoms with Crippen molar-refractivity contribution in [3.8, 4) is 0 Å². The fraction of sp³-hybridized carbons (Fsp3) is 0.727. The van der Waals surface area contributed by atoms with E-state index in [9.17, 15) is 0 Å². The molecule has 0 aliphatic carbocycles. The fourth-order valence-electron chi connectivity index (χ4n) is 1.28. The lowest BCUT2D eigenvalue weighted by molar-refractivity contribution is 0.132. The Bertz CT molecular complexity index is 260. The SMILES string of the molecule is CCCCOCCNCc1ccnn1C. The van der Waals surface area contributed by atoms with Crippen LogP contribution >= 0.6 is 0 Å². The number of hydrogen-bond acceptors (Lipinski definition) is 3. The monoisotopic (exact) mass is 211 g/mol. The zero-order chi connectivity index (χ0) is 10.9. The fourth-order valence-corrected chi connectivity index (χ4v) is 1.28. The summed E-state index contributed by atoms with van der Waals surface area (Å²) in [6.45, 7) is 5.59. The van der Waals surface area contributed by atoms with Gasteiger partial charge in [0.05, 0.1) is 12.3 Å². The molecule has 0 unspecified atom stereocenters. The van der Waals surface area contributed by atoms with Gasteiger partial charge in [-0.25, -0.2) is 0 Å². The van der Waals surface area contributed by atoms with Gasteiger partial charge in [0, 0.05) is 32.9 Å². The topological polar surface area (TPSA) is 39.1 Å². The Morgan fingerprint density at radius 1 is 1.47 bits per heavy atom. The lowest BCUT2D eigenvalue weighted by Crippen LogP contribution is -2.20. The summed E-state index contributed by atoms with van der Waals surface area (Å²) in [5.41, 5.74) is 1.20. The minimum absolute atomic E-state index is 0.790. The van der Waals surface area contributed by atoms with Crippen LogP contribution in [0.3, 0.4) is 0 Å². The second kappa shape index (κ2) is 7.43. The highest BCUT2D eigenvalue weighted by Gasteiger charge is 1.96. The van der Waals surface area contributed by atoms with Gasteiger partial charge in [0.15, 0.2) is 0 Å². The smallest absolute Gasteiger partial charge is 0.0591 e. The molecule has 0 atom stereocenters. The Balaban J connectivity index is 1.96. The number of hydrogen-bond donors (Lipinski definition) is 1. The molecule has 1 aromatic rings. The molecule has 0 aliphatic rings. The lowest BCUT2D eigenvalue weighted by Gasteiger charge is -2.05. The first-order valence-corrected chi connectivity index (χ1v) is 5.60. The molecule has 0 bridgehead atoms. The van der Waals surface area contributed by atoms with Gasteiger partial charge in [0.1, 0.15) is 0 Å². The molecule has 1 N–H and O–H groups in total. The molecule has 0 fully saturated rings. The second-order valence-corrected chi connectivity index (χ2v) is 3.59. The molecular weight excluding hydrogens is 190 g/mol. The van der Waals surface area contributed by atoms with Crippen LogP contribution in [-0.2, 0) is 18.3 Å². The first-order valence-electron chi connectivity index (χ1n) is 5.60. The normalized spacial score (nSPS) is 10.8. The molecular formula is C11H21N3O. The highest BCUT2D eigenvalue weighted by molar-refractivity contribution is 4.98. The van der Waals surface area contributed by atoms with E-state index in [1.807, 2.05) is 24.0 Å². The van der Waals surface area contributed by atoms with E-state index in [2.05, 4.69) is 17.3 Å². The van der Waals surface area contributed by atoms with Gasteiger partial charge < -0.3 is 10.1 Å². The van der Waals surface area contributed by atoms with Crippen molar-refractivity contribution in [1.82, 2.24) is 15.1 Å². The third-order valence-electron chi connectivity index (χ3n) is 2.29. The van der Waals surface area contributed by atoms with Gasteiger partial charge in [-0.3, -0.25) is 4.68 Å². The van der Waals surface area contributed by atoms with Gasteiger partial charge in [0.2, 0.25) is 0 Å². The van der Waals surface area contributed by atoms with Crippen molar-refractivity contribution < 1.29 is 4.74 Å². The first kappa shape index (κ1) is 12.2. The molecule has 0 amide bonds. The van der Waals surface area contributed by atoms with Crippen molar-refractivity contribution in [2.24, 2.45) is 7.05 Å². The Morgan fingerprint density at radius 3 is 3.00 bits per heavy atom. The number of aromatic nitrogens is 2. The van der Waals surface area contributed by atoms with E-state index in [1.54, 1.807) is 0 Å². The molecule has 0 saturated heterocycles. The van der Waals surface area contributed by atoms with Gasteiger partial charge in [0.25, 0.3) is 0 Å². The molecule has 4 nitrogen and oxygen atoms in total. The molecule has 1 heterocycles. The van der Waals surface area contributed by atoms with Crippen LogP contribution in [0.5, 0.6) is 0 Å². The van der Waals surface area contributed by atoms with Gasteiger partial charge in [-0.2, -0.15) is 5.10 Å². The van der Waals surface area contributed by atoms with Crippen molar-refractivity contribution in [3.63, 3.8) is 0 Å². The van der Waals surface area contributed by atoms with E-state index >= 15 is 0 Å². The minimum atomic E-state index is 0.790. The average molecular weight is 211 g/mol. The summed E-state index contributed by atoms with van der Waals surface area (Å²) >= 11 is 0. The number of rotatable bonds is 8. The summed E-state index contributed by atoms with van der Waals surface area (Å²) in [4.78, 5) is 0. The summed E-state index contributed by atoms with van der Waals surface area (Å²) in [7, 11) is 1.95. The third-order valence-corrected chi connectivity index (χ3v) is 2.29. The van der Waals surface area contributed by atoms with Crippen LogP contribution in [0, 0.1) is 0 Å². The maximum atomic E-state index is 5.44. The van der Waals surface area contributed by atoms with Crippen molar-refractivity contribution in [2.45, 2.75) is 26.3 Å². The maximum absolute atomic E-state index is 5.44. The zero-order valence-electron chi connectivity index (χ0n) is 9.70. The largest absolute Gasteiger partial charge is 0.380 e. The molecule has 0 radical (unpaired) electrons. The lowest BCUT2D eigenvalue weighted by atomic mass is 10.4. The van der Waals surface area contributed by atoms with Crippen LogP contribution in [0.25, 0.3) is 0 Å². The van der Waals surface area contributed by atoms with Crippen LogP contribution in [-0.4, -0.2) is 29.5 Å². The Hall–Kier alpha value is -0.870. The van der Waals surface area contributed by atoms with E-state index < -0.39 is 0 Å². The number of unbranched alkanes of at least 4 members (excludes halogenated alkanes) is 1. The second-order valence-electron chi connectivity index (χ2n) is 3.59. The average Bonchev–Trinajstić information content (AvgIpc) is 2.63. The summed E-state index contributed by atoms with van der Waals surface area (Å²) in [6.07, 6.45) is 4.17. The van der Waals surface area contributed by atoms with Crippen molar-refractivity contribution in [2.75, 3.05) is 19.8 Å². The molecule has 1 rings (SSSR count). The predicted molar refractivity (Wildman–Crippen MR) is 60.6 cm³/mol. The first-order chi connectivity index (χ1) is 7.34. The van der Waals surface area contributed by atoms with Crippen LogP contribution < -0.4 is 5.32 Å². The highest BCUT2D eigenvalue weighted by Crippen LogP contribution is 1.94. The summed E-state index contributed by atoms with van der Waals surface area (Å²) in [5.74, 6) is 0. The molecule has 0 aromatic carbocycles. The number of aryl methyl sites for hydroxylation is 1. The molecule has 1 aromatic heterocycles. The molecule has 0 aliphatic heterocycles. The molecule has 0 spiro atoms. The van der Waals surface area contributed by atoms with Crippen molar-refractivity contribution in [1.29, 1.82) is 0 Å². The zero-order valence-corrected chi connectivity index (χ0v) is 9.70. The number of nitrogens with zero attached hydrogens (tertiary/aromatic N) is 2. The molecule has 15 heavy (non-hydrogen) atoms. The van der Waals surface area contributed by atoms with E-state index in [4.69, 9.17) is 4.74 Å². The molecule has 86 valence electrons. The van der Waals surface area contributed by atoms with E-state index in [0.29, 0.717) is 0 Å². The van der Waals surface area contributed by atoms with Gasteiger partial charge >= 0.3 is 0 Å². The van der Waals surface area contributed by atoms with E-state index in [0.717, 1.165) is 32.7 Å². The summed E-state index contributed by atoms with van der Waals surface area (Å²) in [6, 6.07) is 2.02. The summed E-state index contributed by atoms with van der Waals surface area (Å²) in [5, 5.41) is 7.42. The van der Waals surface area contributed by atoms with Gasteiger partial charge in [-0.1, -0.05) is 13.3 Å². The van der Waals surface area contributed by atoms with Crippen molar-refractivity contribution in [3.05, 3.63) is 18.0 Å². The minimum Gasteiger partial charge on any atom is -0.380 e. The van der Waals surface area contributed by atoms with Crippen LogP contribution in [0.15, 0.2) is 12.3 Å². The standard InChI is InChI=1S/C11H21N3O/c1-3-4-8-15-9-7-12-10-11-5-6-13-14(11)2/h5-6,12H,3-4,7-10H2,1-2H3. The van der Waals surface area contributed by atoms with Crippen LogP contribution in [0.1, 0.15) is 25.5 Å². The number of nitrogens with one attached hydrogen (secondary N) is 1. The Kier molecular flexibility index (Phi) is 6.04. The van der Waals surface area contributed by atoms with Gasteiger partial charge in [-0.15, -0.1) is 0 Å². The molecule has 0 saturated carbocycles. The third kappa shape index (κ3) is 4.95. The highest BCUT2D eigenvalue weighted by atomic mass is 16.5. The van der Waals surface area contributed by atoms with Crippen molar-refractivity contribution >= 4 is 0 Å². The number of ether oxygens (including phenoxy) is 1. The van der Waals surface area contributed by atoms with Crippen LogP contribution in [0.2, 0.25) is 0 Å². The molecule has 4 heteroatoms. The Morgan fingerprint density at radius 2 is 2.33 bits per heavy atom. The van der Waals surface area contributed by atoms with Crippen LogP contribution in [0.4, 0.5) is 0 Å².